The Balaban J connectivity index is 4.22. The van der Waals surface area contributed by atoms with Crippen LogP contribution in [-0.2, 0) is 18.4 Å². The smallest absolute Gasteiger partial charge is 0.268 e. The van der Waals surface area contributed by atoms with Crippen LogP contribution in [0, 0.1) is 0 Å². The number of aliphatic hydroxyl groups excluding tert-OH is 1. The highest BCUT2D eigenvalue weighted by Gasteiger charge is 2.23. The number of phosphoric ester groups is 1. The first kappa shape index (κ1) is 72.4. The highest BCUT2D eigenvalue weighted by Crippen LogP contribution is 2.38. The summed E-state index contributed by atoms with van der Waals surface area (Å²) in [5, 5.41) is 13.8. The van der Waals surface area contributed by atoms with Gasteiger partial charge in [0.15, 0.2) is 0 Å². The van der Waals surface area contributed by atoms with Crippen LogP contribution in [0.25, 0.3) is 0 Å². The molecule has 0 saturated heterocycles. The van der Waals surface area contributed by atoms with Crippen LogP contribution in [0.3, 0.4) is 0 Å². The molecule has 76 heavy (non-hydrogen) atoms. The molecule has 0 heterocycles. The van der Waals surface area contributed by atoms with E-state index in [-0.39, 0.29) is 12.5 Å². The van der Waals surface area contributed by atoms with Gasteiger partial charge in [-0.05, 0) is 116 Å². The van der Waals surface area contributed by atoms with Gasteiger partial charge in [-0.3, -0.25) is 9.36 Å². The highest BCUT2D eigenvalue weighted by atomic mass is 31.2. The summed E-state index contributed by atoms with van der Waals surface area (Å²) in [5.41, 5.74) is 0. The van der Waals surface area contributed by atoms with Crippen molar-refractivity contribution in [3.63, 3.8) is 0 Å². The molecule has 8 nitrogen and oxygen atoms in total. The van der Waals surface area contributed by atoms with Gasteiger partial charge in [-0.2, -0.15) is 0 Å². The number of likely N-dealkylation sites (N-methyl/N-ethyl adjacent to an activating group) is 1. The number of carbonyl (C=O) groups excluding carboxylic acids is 1. The molecule has 0 spiro atoms. The van der Waals surface area contributed by atoms with Gasteiger partial charge in [0, 0.05) is 6.42 Å². The summed E-state index contributed by atoms with van der Waals surface area (Å²) < 4.78 is 23.3. The fraction of sp³-hybridized carbons (Fsp3) is 0.627. The molecule has 0 radical (unpaired) electrons. The number of unbranched alkanes of at least 4 members (excludes halogenated alkanes) is 18. The molecule has 0 aliphatic heterocycles. The number of phosphoric acid groups is 1. The first-order chi connectivity index (χ1) is 37.0. The van der Waals surface area contributed by atoms with Gasteiger partial charge >= 0.3 is 0 Å². The van der Waals surface area contributed by atoms with Gasteiger partial charge in [0.2, 0.25) is 5.91 Å². The Morgan fingerprint density at radius 2 is 0.816 bits per heavy atom. The second-order valence-corrected chi connectivity index (χ2v) is 22.4. The van der Waals surface area contributed by atoms with E-state index in [4.69, 9.17) is 9.05 Å². The minimum absolute atomic E-state index is 0.0176. The molecule has 432 valence electrons. The SMILES string of the molecule is CC/C=C\C/C=C\C/C=C\C/C=C\C/C=C\C/C=C\C/C=C\C/C=C\C/C=C\CCCCCCCCCCCC(=O)NC(COP(=O)([O-])OCC[N+](C)(C)C)C(O)/C=C/CC/C=C/CC/C=C/CCCCCCCCC. The van der Waals surface area contributed by atoms with Crippen molar-refractivity contribution in [2.75, 3.05) is 40.9 Å². The molecule has 2 N–H and O–H groups in total. The second kappa shape index (κ2) is 56.1. The van der Waals surface area contributed by atoms with Crippen molar-refractivity contribution < 1.29 is 32.9 Å². The lowest BCUT2D eigenvalue weighted by atomic mass is 10.1. The third-order valence-electron chi connectivity index (χ3n) is 12.5. The van der Waals surface area contributed by atoms with Crippen LogP contribution in [0.1, 0.15) is 219 Å². The lowest BCUT2D eigenvalue weighted by molar-refractivity contribution is -0.870. The maximum Gasteiger partial charge on any atom is 0.268 e. The van der Waals surface area contributed by atoms with E-state index in [0.29, 0.717) is 17.4 Å². The molecule has 0 aromatic rings. The van der Waals surface area contributed by atoms with Crippen LogP contribution in [0.2, 0.25) is 0 Å². The molecule has 0 aromatic heterocycles. The maximum absolute atomic E-state index is 13.0. The molecule has 0 fully saturated rings. The number of carbonyl (C=O) groups is 1. The summed E-state index contributed by atoms with van der Waals surface area (Å²) in [6.45, 7) is 4.48. The molecule has 9 heteroatoms. The Morgan fingerprint density at radius 3 is 1.22 bits per heavy atom. The zero-order valence-corrected chi connectivity index (χ0v) is 50.0. The number of nitrogens with one attached hydrogen (secondary N) is 1. The zero-order valence-electron chi connectivity index (χ0n) is 49.1. The van der Waals surface area contributed by atoms with E-state index in [1.54, 1.807) is 6.08 Å². The van der Waals surface area contributed by atoms with Gasteiger partial charge in [0.1, 0.15) is 13.2 Å². The molecular formula is C67H113N2O6P. The number of allylic oxidation sites excluding steroid dienone is 23. The number of aliphatic hydroxyl groups is 1. The molecule has 0 rings (SSSR count). The summed E-state index contributed by atoms with van der Waals surface area (Å²) in [4.78, 5) is 25.5. The zero-order chi connectivity index (χ0) is 55.6. The third-order valence-corrected chi connectivity index (χ3v) is 13.5. The van der Waals surface area contributed by atoms with Crippen molar-refractivity contribution in [3.05, 3.63) is 146 Å². The summed E-state index contributed by atoms with van der Waals surface area (Å²) in [6, 6.07) is -0.924. The molecule has 3 atom stereocenters. The van der Waals surface area contributed by atoms with E-state index in [9.17, 15) is 19.4 Å². The Morgan fingerprint density at radius 1 is 0.474 bits per heavy atom. The van der Waals surface area contributed by atoms with Crippen molar-refractivity contribution >= 4 is 13.7 Å². The summed E-state index contributed by atoms with van der Waals surface area (Å²) >= 11 is 0. The monoisotopic (exact) mass is 1070 g/mol. The molecule has 0 aliphatic carbocycles. The third kappa shape index (κ3) is 58.1. The van der Waals surface area contributed by atoms with Crippen LogP contribution in [0.5, 0.6) is 0 Å². The molecule has 3 unspecified atom stereocenters. The minimum Gasteiger partial charge on any atom is -0.756 e. The average molecular weight is 1070 g/mol. The van der Waals surface area contributed by atoms with Gasteiger partial charge in [-0.25, -0.2) is 0 Å². The Kier molecular flexibility index (Phi) is 53.4. The van der Waals surface area contributed by atoms with Crippen LogP contribution < -0.4 is 10.2 Å². The van der Waals surface area contributed by atoms with Crippen molar-refractivity contribution in [3.8, 4) is 0 Å². The molecule has 0 saturated carbocycles. The van der Waals surface area contributed by atoms with Crippen LogP contribution in [0.15, 0.2) is 146 Å². The maximum atomic E-state index is 13.0. The van der Waals surface area contributed by atoms with Crippen molar-refractivity contribution in [1.29, 1.82) is 0 Å². The fourth-order valence-corrected chi connectivity index (χ4v) is 8.55. The van der Waals surface area contributed by atoms with Gasteiger partial charge < -0.3 is 28.8 Å². The van der Waals surface area contributed by atoms with Crippen molar-refractivity contribution in [1.82, 2.24) is 5.32 Å². The molecule has 0 aliphatic rings. The second-order valence-electron chi connectivity index (χ2n) is 20.9. The number of rotatable bonds is 53. The van der Waals surface area contributed by atoms with E-state index in [2.05, 4.69) is 153 Å². The first-order valence-corrected chi connectivity index (χ1v) is 31.7. The van der Waals surface area contributed by atoms with Crippen molar-refractivity contribution in [2.24, 2.45) is 0 Å². The molecule has 0 bridgehead atoms. The highest BCUT2D eigenvalue weighted by molar-refractivity contribution is 7.45. The van der Waals surface area contributed by atoms with E-state index >= 15 is 0 Å². The number of quaternary nitrogens is 1. The Labute approximate surface area is 468 Å². The standard InChI is InChI=1S/C67H113N2O6P/c1-6-8-10-12-14-16-18-20-22-24-25-26-27-28-29-30-31-32-33-34-35-36-37-38-39-40-41-42-43-45-47-49-51-53-55-57-59-61-67(71)68-65(64-75-76(72,73)74-63-62-69(3,4)5)66(70)60-58-56-54-52-50-48-46-44-23-21-19-17-15-13-11-9-7-2/h8,10,14,16,20,22-23,25-26,28-29,31-32,34-35,37-38,40-41,44,50,52,58,60,65-66,70H,6-7,9,11-13,15,17-19,21,24,27,30,33,36,39,42-43,45-49,51,53-57,59,61-64H2,1-5H3,(H-,68,71,72,73)/b10-8-,16-14-,22-20-,26-25-,29-28-,32-31-,35-34-,38-37-,41-40-,44-23+,52-50+,60-58+. The van der Waals surface area contributed by atoms with Gasteiger partial charge in [0.05, 0.1) is 39.9 Å². The summed E-state index contributed by atoms with van der Waals surface area (Å²) in [7, 11) is 1.21. The molecular weight excluding hydrogens is 960 g/mol. The summed E-state index contributed by atoms with van der Waals surface area (Å²) in [6.07, 6.45) is 86.4. The number of hydrogen-bond acceptors (Lipinski definition) is 6. The van der Waals surface area contributed by atoms with E-state index in [1.165, 1.54) is 83.5 Å². The Hall–Kier alpha value is -3.62. The lowest BCUT2D eigenvalue weighted by Gasteiger charge is -2.29. The first-order valence-electron chi connectivity index (χ1n) is 30.2. The van der Waals surface area contributed by atoms with E-state index in [0.717, 1.165) is 116 Å². The van der Waals surface area contributed by atoms with E-state index in [1.807, 2.05) is 27.2 Å². The quantitative estimate of drug-likeness (QED) is 0.0272. The topological polar surface area (TPSA) is 108 Å². The van der Waals surface area contributed by atoms with E-state index < -0.39 is 26.6 Å². The largest absolute Gasteiger partial charge is 0.756 e. The Bertz CT molecular complexity index is 1740. The fourth-order valence-electron chi connectivity index (χ4n) is 7.82. The van der Waals surface area contributed by atoms with Crippen LogP contribution >= 0.6 is 7.82 Å². The van der Waals surface area contributed by atoms with Crippen LogP contribution in [0.4, 0.5) is 0 Å². The van der Waals surface area contributed by atoms with Gasteiger partial charge in [-0.1, -0.05) is 243 Å². The predicted octanol–water partition coefficient (Wildman–Crippen LogP) is 18.2. The number of amides is 1. The average Bonchev–Trinajstić information content (AvgIpc) is 3.38. The number of hydrogen-bond donors (Lipinski definition) is 2. The van der Waals surface area contributed by atoms with Crippen molar-refractivity contribution in [2.45, 2.75) is 231 Å². The van der Waals surface area contributed by atoms with Crippen LogP contribution in [-0.4, -0.2) is 68.5 Å². The summed E-state index contributed by atoms with van der Waals surface area (Å²) in [5.74, 6) is -0.224. The lowest BCUT2D eigenvalue weighted by Crippen LogP contribution is -2.45. The van der Waals surface area contributed by atoms with Gasteiger partial charge in [0.25, 0.3) is 7.82 Å². The number of nitrogens with zero attached hydrogens (tertiary/aromatic N) is 1. The molecule has 0 aromatic carbocycles. The van der Waals surface area contributed by atoms with Gasteiger partial charge in [-0.15, -0.1) is 0 Å². The normalized spacial score (nSPS) is 14.9. The minimum atomic E-state index is -4.62. The predicted molar refractivity (Wildman–Crippen MR) is 329 cm³/mol. The molecule has 1 amide bonds.